The number of benzene rings is 1. The molecule has 9 nitrogen and oxygen atoms in total. The Kier molecular flexibility index (Phi) is 8.01. The number of hydrogen-bond acceptors (Lipinski definition) is 5. The van der Waals surface area contributed by atoms with Crippen molar-refractivity contribution in [2.45, 2.75) is 44.6 Å². The molecule has 1 saturated heterocycles. The average molecular weight is 567 g/mol. The van der Waals surface area contributed by atoms with Crippen molar-refractivity contribution in [1.82, 2.24) is 14.5 Å². The molecule has 2 fully saturated rings. The van der Waals surface area contributed by atoms with Crippen molar-refractivity contribution in [3.8, 4) is 22.5 Å². The molecule has 0 spiro atoms. The minimum absolute atomic E-state index is 0.0131. The molecule has 6 rings (SSSR count). The number of nitrogens with zero attached hydrogens (tertiary/aromatic N) is 4. The molecule has 0 unspecified atom stereocenters. The molecule has 42 heavy (non-hydrogen) atoms. The third-order valence-electron chi connectivity index (χ3n) is 8.29. The number of pyridine rings is 2. The maximum Gasteiger partial charge on any atom is 0.328 e. The minimum atomic E-state index is -1.03. The molecule has 9 heteroatoms. The second-order valence-electron chi connectivity index (χ2n) is 11.0. The van der Waals surface area contributed by atoms with Gasteiger partial charge in [0.05, 0.1) is 35.7 Å². The maximum absolute atomic E-state index is 13.5. The number of aliphatic carboxylic acids is 1. The number of rotatable bonds is 7. The van der Waals surface area contributed by atoms with Crippen LogP contribution in [0.25, 0.3) is 39.5 Å². The Morgan fingerprint density at radius 2 is 1.86 bits per heavy atom. The largest absolute Gasteiger partial charge is 0.619 e. The highest BCUT2D eigenvalue weighted by atomic mass is 16.5. The van der Waals surface area contributed by atoms with Gasteiger partial charge in [0, 0.05) is 36.3 Å². The maximum atomic E-state index is 13.5. The number of carbonyl (C=O) groups excluding carboxylic acids is 1. The van der Waals surface area contributed by atoms with Crippen LogP contribution in [-0.2, 0) is 20.9 Å². The summed E-state index contributed by atoms with van der Waals surface area (Å²) in [6, 6.07) is 15.6. The van der Waals surface area contributed by atoms with E-state index >= 15 is 0 Å². The van der Waals surface area contributed by atoms with Gasteiger partial charge in [-0.2, -0.15) is 4.73 Å². The highest BCUT2D eigenvalue weighted by Crippen LogP contribution is 2.41. The predicted molar refractivity (Wildman–Crippen MR) is 159 cm³/mol. The van der Waals surface area contributed by atoms with Crippen LogP contribution in [0.4, 0.5) is 0 Å². The van der Waals surface area contributed by atoms with Crippen molar-refractivity contribution in [2.75, 3.05) is 26.3 Å². The van der Waals surface area contributed by atoms with E-state index in [0.29, 0.717) is 43.6 Å². The number of ether oxygens (including phenoxy) is 1. The molecule has 4 aromatic rings. The lowest BCUT2D eigenvalue weighted by Gasteiger charge is -2.28. The van der Waals surface area contributed by atoms with Gasteiger partial charge in [-0.15, -0.1) is 0 Å². The lowest BCUT2D eigenvalue weighted by Crippen LogP contribution is -2.42. The normalized spacial score (nSPS) is 16.3. The SMILES string of the molecule is O=C(O)C=Cc1cc(C2CCCCC2)c(-c2ccc3nc(-c4ccc[n+]([O-])c4)ccc3c2)n1CC(=O)N1CCOCC1. The first-order valence-electron chi connectivity index (χ1n) is 14.6. The number of aromatic nitrogens is 3. The van der Waals surface area contributed by atoms with Gasteiger partial charge in [0.1, 0.15) is 6.54 Å². The van der Waals surface area contributed by atoms with E-state index in [1.807, 2.05) is 39.8 Å². The minimum Gasteiger partial charge on any atom is -0.619 e. The van der Waals surface area contributed by atoms with Crippen LogP contribution in [0.2, 0.25) is 0 Å². The number of morpholine rings is 1. The Hall–Kier alpha value is -4.50. The van der Waals surface area contributed by atoms with E-state index < -0.39 is 5.97 Å². The lowest BCUT2D eigenvalue weighted by atomic mass is 9.83. The summed E-state index contributed by atoms with van der Waals surface area (Å²) in [5.74, 6) is -0.712. The van der Waals surface area contributed by atoms with Gasteiger partial charge in [0.25, 0.3) is 0 Å². The summed E-state index contributed by atoms with van der Waals surface area (Å²) in [6.45, 7) is 2.23. The molecule has 0 atom stereocenters. The fourth-order valence-corrected chi connectivity index (χ4v) is 6.19. The van der Waals surface area contributed by atoms with E-state index in [4.69, 9.17) is 9.72 Å². The van der Waals surface area contributed by atoms with E-state index in [1.165, 1.54) is 18.8 Å². The molecule has 1 aliphatic heterocycles. The van der Waals surface area contributed by atoms with Gasteiger partial charge < -0.3 is 24.5 Å². The summed E-state index contributed by atoms with van der Waals surface area (Å²) in [5, 5.41) is 22.2. The van der Waals surface area contributed by atoms with E-state index in [0.717, 1.165) is 69.8 Å². The van der Waals surface area contributed by atoms with Crippen LogP contribution < -0.4 is 4.73 Å². The van der Waals surface area contributed by atoms with Gasteiger partial charge in [-0.3, -0.25) is 4.79 Å². The van der Waals surface area contributed by atoms with Crippen LogP contribution in [0.5, 0.6) is 0 Å². The fraction of sp³-hybridized carbons (Fsp3) is 0.333. The Balaban J connectivity index is 1.46. The van der Waals surface area contributed by atoms with E-state index in [-0.39, 0.29) is 12.5 Å². The molecule has 0 bridgehead atoms. The molecule has 1 saturated carbocycles. The highest BCUT2D eigenvalue weighted by molar-refractivity contribution is 5.89. The zero-order valence-corrected chi connectivity index (χ0v) is 23.4. The van der Waals surface area contributed by atoms with Crippen LogP contribution in [0.3, 0.4) is 0 Å². The van der Waals surface area contributed by atoms with Crippen molar-refractivity contribution in [2.24, 2.45) is 0 Å². The summed E-state index contributed by atoms with van der Waals surface area (Å²) in [6.07, 6.45) is 11.3. The second kappa shape index (κ2) is 12.2. The van der Waals surface area contributed by atoms with Crippen molar-refractivity contribution in [3.05, 3.63) is 83.5 Å². The third kappa shape index (κ3) is 5.92. The quantitative estimate of drug-likeness (QED) is 0.191. The summed E-state index contributed by atoms with van der Waals surface area (Å²) in [5.41, 5.74) is 6.02. The summed E-state index contributed by atoms with van der Waals surface area (Å²) in [4.78, 5) is 31.6. The standard InChI is InChI=1S/C33H34N4O5/c38-31(35-15-17-42-18-16-35)22-37-27(10-13-32(39)40)20-28(23-5-2-1-3-6-23)33(37)25-9-12-29-24(19-25)8-11-30(34-29)26-7-4-14-36(41)21-26/h4,7-14,19-21,23H,1-3,5-6,15-18,22H2,(H,39,40). The molecule has 1 N–H and O–H groups in total. The zero-order chi connectivity index (χ0) is 29.1. The molecule has 1 amide bonds. The average Bonchev–Trinajstić information content (AvgIpc) is 3.38. The number of carboxylic acid groups (broad SMARTS) is 1. The van der Waals surface area contributed by atoms with Crippen LogP contribution in [0, 0.1) is 5.21 Å². The fourth-order valence-electron chi connectivity index (χ4n) is 6.19. The van der Waals surface area contributed by atoms with E-state index in [1.54, 1.807) is 12.1 Å². The van der Waals surface area contributed by atoms with E-state index in [9.17, 15) is 19.9 Å². The summed E-state index contributed by atoms with van der Waals surface area (Å²) >= 11 is 0. The summed E-state index contributed by atoms with van der Waals surface area (Å²) < 4.78 is 8.20. The molecular weight excluding hydrogens is 532 g/mol. The Labute approximate surface area is 244 Å². The molecule has 1 aliphatic carbocycles. The molecule has 3 aromatic heterocycles. The second-order valence-corrected chi connectivity index (χ2v) is 11.0. The van der Waals surface area contributed by atoms with Crippen molar-refractivity contribution < 1.29 is 24.2 Å². The first-order chi connectivity index (χ1) is 20.5. The number of carboxylic acids is 1. The Morgan fingerprint density at radius 3 is 2.62 bits per heavy atom. The molecule has 0 radical (unpaired) electrons. The van der Waals surface area contributed by atoms with Crippen LogP contribution in [-0.4, -0.2) is 57.7 Å². The van der Waals surface area contributed by atoms with Gasteiger partial charge in [0.2, 0.25) is 5.91 Å². The zero-order valence-electron chi connectivity index (χ0n) is 23.4. The van der Waals surface area contributed by atoms with Crippen LogP contribution >= 0.6 is 0 Å². The van der Waals surface area contributed by atoms with Gasteiger partial charge in [-0.1, -0.05) is 31.4 Å². The number of carbonyl (C=O) groups is 2. The van der Waals surface area contributed by atoms with Gasteiger partial charge in [-0.25, -0.2) is 9.78 Å². The van der Waals surface area contributed by atoms with Crippen LogP contribution in [0.1, 0.15) is 49.3 Å². The molecule has 2 aliphatic rings. The number of fused-ring (bicyclic) bond motifs is 1. The van der Waals surface area contributed by atoms with Crippen molar-refractivity contribution in [1.29, 1.82) is 0 Å². The summed E-state index contributed by atoms with van der Waals surface area (Å²) in [7, 11) is 0. The third-order valence-corrected chi connectivity index (χ3v) is 8.29. The monoisotopic (exact) mass is 566 g/mol. The Bertz CT molecular complexity index is 1650. The Morgan fingerprint density at radius 1 is 1.05 bits per heavy atom. The van der Waals surface area contributed by atoms with Crippen LogP contribution in [0.15, 0.2) is 67.0 Å². The van der Waals surface area contributed by atoms with Gasteiger partial charge >= 0.3 is 5.97 Å². The molecule has 216 valence electrons. The first-order valence-corrected chi connectivity index (χ1v) is 14.6. The van der Waals surface area contributed by atoms with Gasteiger partial charge in [-0.05, 0) is 66.3 Å². The van der Waals surface area contributed by atoms with Gasteiger partial charge in [0.15, 0.2) is 12.4 Å². The van der Waals surface area contributed by atoms with Crippen molar-refractivity contribution in [3.63, 3.8) is 0 Å². The first kappa shape index (κ1) is 27.7. The van der Waals surface area contributed by atoms with E-state index in [2.05, 4.69) is 12.1 Å². The molecular formula is C33H34N4O5. The topological polar surface area (TPSA) is 112 Å². The molecule has 1 aromatic carbocycles. The highest BCUT2D eigenvalue weighted by Gasteiger charge is 2.27. The lowest BCUT2D eigenvalue weighted by molar-refractivity contribution is -0.604. The molecule has 4 heterocycles. The van der Waals surface area contributed by atoms with Crippen molar-refractivity contribution >= 4 is 28.9 Å². The smallest absolute Gasteiger partial charge is 0.328 e. The predicted octanol–water partition coefficient (Wildman–Crippen LogP) is 5.01. The number of amides is 1. The number of hydrogen-bond donors (Lipinski definition) is 1.